The monoisotopic (exact) mass is 439 g/mol. The van der Waals surface area contributed by atoms with Crippen LogP contribution >= 0.6 is 0 Å². The van der Waals surface area contributed by atoms with Gasteiger partial charge in [0.2, 0.25) is 15.8 Å². The van der Waals surface area contributed by atoms with E-state index in [1.807, 2.05) is 0 Å². The van der Waals surface area contributed by atoms with E-state index >= 15 is 0 Å². The zero-order chi connectivity index (χ0) is 22.0. The van der Waals surface area contributed by atoms with Gasteiger partial charge in [-0.3, -0.25) is 4.79 Å². The molecule has 31 heavy (non-hydrogen) atoms. The van der Waals surface area contributed by atoms with Gasteiger partial charge in [-0.2, -0.15) is 4.31 Å². The lowest BCUT2D eigenvalue weighted by atomic mass is 10.1. The highest BCUT2D eigenvalue weighted by Gasteiger charge is 2.30. The molecule has 10 heteroatoms. The number of primary amides is 1. The summed E-state index contributed by atoms with van der Waals surface area (Å²) < 4.78 is 38.3. The van der Waals surface area contributed by atoms with Crippen LogP contribution < -0.4 is 15.2 Å². The zero-order valence-electron chi connectivity index (χ0n) is 16.6. The molecule has 0 unspecified atom stereocenters. The first-order valence-electron chi connectivity index (χ1n) is 9.36. The van der Waals surface area contributed by atoms with E-state index in [2.05, 4.69) is 16.2 Å². The summed E-state index contributed by atoms with van der Waals surface area (Å²) in [5.74, 6) is 0.846. The topological polar surface area (TPSA) is 125 Å². The molecule has 1 aliphatic rings. The van der Waals surface area contributed by atoms with Crippen LogP contribution in [0.25, 0.3) is 0 Å². The number of methoxy groups -OCH3 is 1. The third kappa shape index (κ3) is 4.35. The van der Waals surface area contributed by atoms with Gasteiger partial charge in [0.25, 0.3) is 5.91 Å². The summed E-state index contributed by atoms with van der Waals surface area (Å²) in [5, 5.41) is 0. The molecule has 159 valence electrons. The molecular formula is C21H19N4O5S. The summed E-state index contributed by atoms with van der Waals surface area (Å²) in [7, 11) is -2.18. The van der Waals surface area contributed by atoms with Crippen LogP contribution in [0.2, 0.25) is 0 Å². The van der Waals surface area contributed by atoms with Crippen molar-refractivity contribution < 1.29 is 22.7 Å². The van der Waals surface area contributed by atoms with Crippen molar-refractivity contribution >= 4 is 15.9 Å². The van der Waals surface area contributed by atoms with Gasteiger partial charge in [0, 0.05) is 12.1 Å². The van der Waals surface area contributed by atoms with Crippen LogP contribution in [0.3, 0.4) is 0 Å². The number of amides is 1. The molecule has 2 N–H and O–H groups in total. The Balaban J connectivity index is 1.51. The number of ether oxygens (including phenoxy) is 2. The molecule has 0 spiro atoms. The van der Waals surface area contributed by atoms with Crippen molar-refractivity contribution in [1.82, 2.24) is 14.3 Å². The molecule has 2 heterocycles. The number of rotatable bonds is 6. The van der Waals surface area contributed by atoms with Crippen LogP contribution in [-0.2, 0) is 23.0 Å². The smallest absolute Gasteiger partial charge is 0.286 e. The van der Waals surface area contributed by atoms with Gasteiger partial charge in [-0.1, -0.05) is 0 Å². The summed E-state index contributed by atoms with van der Waals surface area (Å²) in [5.41, 5.74) is 6.32. The number of aromatic nitrogens is 2. The van der Waals surface area contributed by atoms with E-state index < -0.39 is 15.9 Å². The summed E-state index contributed by atoms with van der Waals surface area (Å²) >= 11 is 0. The molecule has 3 aromatic rings. The second kappa shape index (κ2) is 8.32. The number of nitrogens with zero attached hydrogens (tertiary/aromatic N) is 3. The Morgan fingerprint density at radius 3 is 2.29 bits per heavy atom. The molecule has 0 aliphatic carbocycles. The highest BCUT2D eigenvalue weighted by molar-refractivity contribution is 7.89. The number of benzene rings is 2. The van der Waals surface area contributed by atoms with Gasteiger partial charge in [0.05, 0.1) is 30.4 Å². The first-order valence-corrected chi connectivity index (χ1v) is 10.8. The lowest BCUT2D eigenvalue weighted by molar-refractivity contribution is 0.0989. The molecule has 0 fully saturated rings. The Kier molecular flexibility index (Phi) is 5.57. The molecule has 1 amide bonds. The SMILES string of the molecule is COc1ccc(Oc2ccc(S(=O)(=O)N3CCc4[c]nc(C(N)=O)nc4C3)cc2)cc1. The second-order valence-electron chi connectivity index (χ2n) is 6.79. The van der Waals surface area contributed by atoms with Crippen LogP contribution in [0.4, 0.5) is 0 Å². The van der Waals surface area contributed by atoms with Crippen molar-refractivity contribution in [3.63, 3.8) is 0 Å². The van der Waals surface area contributed by atoms with Gasteiger partial charge in [-0.15, -0.1) is 0 Å². The summed E-state index contributed by atoms with van der Waals surface area (Å²) in [6, 6.07) is 13.2. The van der Waals surface area contributed by atoms with E-state index in [0.717, 1.165) is 0 Å². The Hall–Kier alpha value is -3.50. The molecule has 1 radical (unpaired) electrons. The lowest BCUT2D eigenvalue weighted by Gasteiger charge is -2.27. The highest BCUT2D eigenvalue weighted by Crippen LogP contribution is 2.27. The maximum absolute atomic E-state index is 13.1. The minimum absolute atomic E-state index is 0.0149. The first kappa shape index (κ1) is 20.8. The molecule has 0 saturated heterocycles. The maximum atomic E-state index is 13.1. The second-order valence-corrected chi connectivity index (χ2v) is 8.72. The van der Waals surface area contributed by atoms with Crippen LogP contribution in [0.1, 0.15) is 21.9 Å². The predicted molar refractivity (Wildman–Crippen MR) is 110 cm³/mol. The molecule has 0 atom stereocenters. The van der Waals surface area contributed by atoms with E-state index in [4.69, 9.17) is 15.2 Å². The predicted octanol–water partition coefficient (Wildman–Crippen LogP) is 1.92. The van der Waals surface area contributed by atoms with E-state index in [-0.39, 0.29) is 23.8 Å². The van der Waals surface area contributed by atoms with Crippen molar-refractivity contribution in [3.05, 3.63) is 71.8 Å². The van der Waals surface area contributed by atoms with Gasteiger partial charge in [0.1, 0.15) is 17.2 Å². The molecule has 9 nitrogen and oxygen atoms in total. The molecule has 1 aromatic heterocycles. The molecular weight excluding hydrogens is 420 g/mol. The van der Waals surface area contributed by atoms with E-state index in [9.17, 15) is 13.2 Å². The maximum Gasteiger partial charge on any atom is 0.286 e. The minimum Gasteiger partial charge on any atom is -0.497 e. The average Bonchev–Trinajstić information content (AvgIpc) is 2.79. The first-order chi connectivity index (χ1) is 14.9. The standard InChI is InChI=1S/C21H19N4O5S/c1-29-15-2-4-16(5-3-15)30-17-6-8-18(9-7-17)31(27,28)25-11-10-14-12-23-21(20(22)26)24-19(14)13-25/h2-9H,10-11,13H2,1H3,(H2,22,26). The van der Waals surface area contributed by atoms with Crippen LogP contribution in [0.15, 0.2) is 53.4 Å². The third-order valence-electron chi connectivity index (χ3n) is 4.80. The van der Waals surface area contributed by atoms with Crippen molar-refractivity contribution in [2.24, 2.45) is 5.73 Å². The fourth-order valence-corrected chi connectivity index (χ4v) is 4.54. The number of nitrogens with two attached hydrogens (primary N) is 1. The summed E-state index contributed by atoms with van der Waals surface area (Å²) in [4.78, 5) is 19.3. The Bertz CT molecular complexity index is 1210. The van der Waals surface area contributed by atoms with Gasteiger partial charge in [0.15, 0.2) is 0 Å². The minimum atomic E-state index is -3.77. The normalized spacial score (nSPS) is 14.0. The van der Waals surface area contributed by atoms with Crippen molar-refractivity contribution in [3.8, 4) is 17.2 Å². The van der Waals surface area contributed by atoms with Crippen LogP contribution in [-0.4, -0.2) is 42.3 Å². The molecule has 2 aromatic carbocycles. The number of carbonyl (C=O) groups excluding carboxylic acids is 1. The largest absolute Gasteiger partial charge is 0.497 e. The van der Waals surface area contributed by atoms with Crippen molar-refractivity contribution in [2.75, 3.05) is 13.7 Å². The fraction of sp³-hybridized carbons (Fsp3) is 0.190. The van der Waals surface area contributed by atoms with Gasteiger partial charge in [-0.25, -0.2) is 18.4 Å². The number of sulfonamides is 1. The van der Waals surface area contributed by atoms with Gasteiger partial charge >= 0.3 is 0 Å². The molecule has 4 rings (SSSR count). The number of hydrogen-bond donors (Lipinski definition) is 1. The Morgan fingerprint density at radius 2 is 1.68 bits per heavy atom. The Labute approximate surface area is 179 Å². The summed E-state index contributed by atoms with van der Waals surface area (Å²) in [6.45, 7) is 0.274. The molecule has 0 bridgehead atoms. The average molecular weight is 439 g/mol. The van der Waals surface area contributed by atoms with Crippen molar-refractivity contribution in [1.29, 1.82) is 0 Å². The third-order valence-corrected chi connectivity index (χ3v) is 6.66. The molecule has 1 aliphatic heterocycles. The van der Waals surface area contributed by atoms with Gasteiger partial charge < -0.3 is 15.2 Å². The number of hydrogen-bond acceptors (Lipinski definition) is 7. The Morgan fingerprint density at radius 1 is 1.06 bits per heavy atom. The van der Waals surface area contributed by atoms with E-state index in [1.54, 1.807) is 43.5 Å². The van der Waals surface area contributed by atoms with Crippen LogP contribution in [0, 0.1) is 6.20 Å². The number of carbonyl (C=O) groups is 1. The lowest BCUT2D eigenvalue weighted by Crippen LogP contribution is -2.37. The van der Waals surface area contributed by atoms with Gasteiger partial charge in [-0.05, 0) is 55.0 Å². The summed E-state index contributed by atoms with van der Waals surface area (Å²) in [6.07, 6.45) is 3.12. The van der Waals surface area contributed by atoms with E-state index in [0.29, 0.717) is 34.9 Å². The van der Waals surface area contributed by atoms with Crippen molar-refractivity contribution in [2.45, 2.75) is 17.9 Å². The zero-order valence-corrected chi connectivity index (χ0v) is 17.4. The number of fused-ring (bicyclic) bond motifs is 1. The van der Waals surface area contributed by atoms with Crippen LogP contribution in [0.5, 0.6) is 17.2 Å². The quantitative estimate of drug-likeness (QED) is 0.622. The highest BCUT2D eigenvalue weighted by atomic mass is 32.2. The van der Waals surface area contributed by atoms with E-state index in [1.165, 1.54) is 16.4 Å². The molecule has 0 saturated carbocycles. The fourth-order valence-electron chi connectivity index (χ4n) is 3.14.